The van der Waals surface area contributed by atoms with Gasteiger partial charge in [-0.15, -0.1) is 0 Å². The van der Waals surface area contributed by atoms with E-state index >= 15 is 0 Å². The number of pyridine rings is 1. The van der Waals surface area contributed by atoms with E-state index in [0.29, 0.717) is 0 Å². The molecule has 1 aliphatic rings. The molecule has 0 bridgehead atoms. The highest BCUT2D eigenvalue weighted by atomic mass is 16.5. The van der Waals surface area contributed by atoms with Gasteiger partial charge in [0.25, 0.3) is 0 Å². The molecule has 2 rings (SSSR count). The van der Waals surface area contributed by atoms with E-state index in [1.807, 2.05) is 18.3 Å². The van der Waals surface area contributed by atoms with Crippen LogP contribution in [0.3, 0.4) is 0 Å². The quantitative estimate of drug-likeness (QED) is 0.604. The SMILES string of the molecule is C1=C(c2cccnc2)OCC1. The maximum absolute atomic E-state index is 5.36. The molecular weight excluding hydrogens is 138 g/mol. The van der Waals surface area contributed by atoms with Gasteiger partial charge in [0.05, 0.1) is 6.61 Å². The van der Waals surface area contributed by atoms with Crippen molar-refractivity contribution < 1.29 is 4.74 Å². The number of ether oxygens (including phenoxy) is 1. The molecule has 2 heteroatoms. The lowest BCUT2D eigenvalue weighted by Crippen LogP contribution is -1.85. The van der Waals surface area contributed by atoms with Crippen molar-refractivity contribution in [1.29, 1.82) is 0 Å². The van der Waals surface area contributed by atoms with E-state index in [4.69, 9.17) is 4.74 Å². The summed E-state index contributed by atoms with van der Waals surface area (Å²) >= 11 is 0. The summed E-state index contributed by atoms with van der Waals surface area (Å²) in [6.45, 7) is 0.810. The zero-order valence-corrected chi connectivity index (χ0v) is 6.16. The van der Waals surface area contributed by atoms with Gasteiger partial charge in [0.2, 0.25) is 0 Å². The van der Waals surface area contributed by atoms with E-state index in [1.165, 1.54) is 0 Å². The highest BCUT2D eigenvalue weighted by Crippen LogP contribution is 2.19. The zero-order valence-electron chi connectivity index (χ0n) is 6.16. The van der Waals surface area contributed by atoms with E-state index in [1.54, 1.807) is 6.20 Å². The molecule has 1 aliphatic heterocycles. The molecule has 56 valence electrons. The molecule has 0 saturated heterocycles. The van der Waals surface area contributed by atoms with Crippen LogP contribution in [0.25, 0.3) is 5.76 Å². The van der Waals surface area contributed by atoms with E-state index in [-0.39, 0.29) is 0 Å². The molecule has 2 nitrogen and oxygen atoms in total. The Balaban J connectivity index is 2.29. The molecule has 0 atom stereocenters. The Kier molecular flexibility index (Phi) is 1.60. The van der Waals surface area contributed by atoms with Gasteiger partial charge in [-0.05, 0) is 18.2 Å². The third-order valence-electron chi connectivity index (χ3n) is 1.65. The largest absolute Gasteiger partial charge is 0.493 e. The molecule has 0 N–H and O–H groups in total. The molecule has 0 amide bonds. The molecule has 0 radical (unpaired) electrons. The molecule has 2 heterocycles. The summed E-state index contributed by atoms with van der Waals surface area (Å²) in [5.41, 5.74) is 1.07. The van der Waals surface area contributed by atoms with Crippen molar-refractivity contribution in [3.05, 3.63) is 36.2 Å². The Morgan fingerprint density at radius 2 is 2.45 bits per heavy atom. The highest BCUT2D eigenvalue weighted by molar-refractivity contribution is 5.59. The summed E-state index contributed by atoms with van der Waals surface area (Å²) in [5.74, 6) is 0.970. The fraction of sp³-hybridized carbons (Fsp3) is 0.222. The van der Waals surface area contributed by atoms with Gasteiger partial charge in [-0.2, -0.15) is 0 Å². The molecule has 1 aromatic heterocycles. The number of nitrogens with zero attached hydrogens (tertiary/aromatic N) is 1. The van der Waals surface area contributed by atoms with Crippen LogP contribution in [-0.2, 0) is 4.74 Å². The van der Waals surface area contributed by atoms with Crippen molar-refractivity contribution >= 4 is 5.76 Å². The standard InChI is InChI=1S/C9H9NO/c1-3-8(7-10-5-1)9-4-2-6-11-9/h1,3-5,7H,2,6H2. The molecule has 0 unspecified atom stereocenters. The molecule has 0 aliphatic carbocycles. The summed E-state index contributed by atoms with van der Waals surface area (Å²) < 4.78 is 5.36. The van der Waals surface area contributed by atoms with Crippen LogP contribution in [0.4, 0.5) is 0 Å². The third kappa shape index (κ3) is 1.24. The fourth-order valence-electron chi connectivity index (χ4n) is 1.13. The Hall–Kier alpha value is -1.31. The van der Waals surface area contributed by atoms with Crippen molar-refractivity contribution in [3.63, 3.8) is 0 Å². The second-order valence-corrected chi connectivity index (χ2v) is 2.45. The zero-order chi connectivity index (χ0) is 7.52. The predicted molar refractivity (Wildman–Crippen MR) is 42.8 cm³/mol. The van der Waals surface area contributed by atoms with Crippen molar-refractivity contribution in [1.82, 2.24) is 4.98 Å². The highest BCUT2D eigenvalue weighted by Gasteiger charge is 2.06. The molecule has 0 fully saturated rings. The minimum absolute atomic E-state index is 0.810. The number of hydrogen-bond donors (Lipinski definition) is 0. The van der Waals surface area contributed by atoms with Gasteiger partial charge < -0.3 is 4.74 Å². The van der Waals surface area contributed by atoms with E-state index in [2.05, 4.69) is 11.1 Å². The lowest BCUT2D eigenvalue weighted by molar-refractivity contribution is 0.307. The summed E-state index contributed by atoms with van der Waals surface area (Å²) in [6.07, 6.45) is 6.69. The number of aromatic nitrogens is 1. The van der Waals surface area contributed by atoms with Crippen molar-refractivity contribution in [2.45, 2.75) is 6.42 Å². The second kappa shape index (κ2) is 2.74. The average Bonchev–Trinajstić information content (AvgIpc) is 2.58. The molecular formula is C9H9NO. The van der Waals surface area contributed by atoms with Crippen LogP contribution in [0.15, 0.2) is 30.6 Å². The first-order valence-electron chi connectivity index (χ1n) is 3.70. The summed E-state index contributed by atoms with van der Waals surface area (Å²) in [7, 11) is 0. The van der Waals surface area contributed by atoms with Gasteiger partial charge >= 0.3 is 0 Å². The van der Waals surface area contributed by atoms with Crippen LogP contribution in [0.5, 0.6) is 0 Å². The molecule has 0 spiro atoms. The van der Waals surface area contributed by atoms with Crippen LogP contribution in [0, 0.1) is 0 Å². The van der Waals surface area contributed by atoms with E-state index in [9.17, 15) is 0 Å². The monoisotopic (exact) mass is 147 g/mol. The molecule has 0 aromatic carbocycles. The van der Waals surface area contributed by atoms with Gasteiger partial charge in [-0.3, -0.25) is 4.98 Å². The Bertz CT molecular complexity index is 266. The minimum Gasteiger partial charge on any atom is -0.493 e. The normalized spacial score (nSPS) is 15.8. The summed E-state index contributed by atoms with van der Waals surface area (Å²) in [4.78, 5) is 4.01. The van der Waals surface area contributed by atoms with Crippen LogP contribution in [0.2, 0.25) is 0 Å². The summed E-state index contributed by atoms with van der Waals surface area (Å²) in [5, 5.41) is 0. The maximum atomic E-state index is 5.36. The Morgan fingerprint density at radius 1 is 1.45 bits per heavy atom. The smallest absolute Gasteiger partial charge is 0.124 e. The van der Waals surface area contributed by atoms with Gasteiger partial charge in [0.15, 0.2) is 0 Å². The first kappa shape index (κ1) is 6.40. The van der Waals surface area contributed by atoms with Gasteiger partial charge in [0, 0.05) is 24.4 Å². The third-order valence-corrected chi connectivity index (χ3v) is 1.65. The first-order valence-corrected chi connectivity index (χ1v) is 3.70. The summed E-state index contributed by atoms with van der Waals surface area (Å²) in [6, 6.07) is 3.92. The van der Waals surface area contributed by atoms with Crippen LogP contribution >= 0.6 is 0 Å². The van der Waals surface area contributed by atoms with Gasteiger partial charge in [0.1, 0.15) is 5.76 Å². The van der Waals surface area contributed by atoms with Gasteiger partial charge in [-0.1, -0.05) is 0 Å². The van der Waals surface area contributed by atoms with Crippen LogP contribution in [0.1, 0.15) is 12.0 Å². The second-order valence-electron chi connectivity index (χ2n) is 2.45. The maximum Gasteiger partial charge on any atom is 0.124 e. The Labute approximate surface area is 65.5 Å². The molecule has 11 heavy (non-hydrogen) atoms. The topological polar surface area (TPSA) is 22.1 Å². The molecule has 0 saturated carbocycles. The Morgan fingerprint density at radius 3 is 3.09 bits per heavy atom. The minimum atomic E-state index is 0.810. The van der Waals surface area contributed by atoms with Gasteiger partial charge in [-0.25, -0.2) is 0 Å². The number of rotatable bonds is 1. The van der Waals surface area contributed by atoms with E-state index in [0.717, 1.165) is 24.4 Å². The van der Waals surface area contributed by atoms with Crippen LogP contribution in [-0.4, -0.2) is 11.6 Å². The number of hydrogen-bond acceptors (Lipinski definition) is 2. The van der Waals surface area contributed by atoms with Crippen molar-refractivity contribution in [3.8, 4) is 0 Å². The van der Waals surface area contributed by atoms with Crippen molar-refractivity contribution in [2.24, 2.45) is 0 Å². The lowest BCUT2D eigenvalue weighted by Gasteiger charge is -2.00. The lowest BCUT2D eigenvalue weighted by atomic mass is 10.2. The van der Waals surface area contributed by atoms with Crippen molar-refractivity contribution in [2.75, 3.05) is 6.61 Å². The average molecular weight is 147 g/mol. The molecule has 1 aromatic rings. The fourth-order valence-corrected chi connectivity index (χ4v) is 1.13. The predicted octanol–water partition coefficient (Wildman–Crippen LogP) is 1.84. The van der Waals surface area contributed by atoms with E-state index < -0.39 is 0 Å². The first-order chi connectivity index (χ1) is 5.47. The van der Waals surface area contributed by atoms with Crippen LogP contribution < -0.4 is 0 Å².